The fourth-order valence-corrected chi connectivity index (χ4v) is 3.69. The van der Waals surface area contributed by atoms with Crippen LogP contribution in [-0.4, -0.2) is 28.2 Å². The topological polar surface area (TPSA) is 64.6 Å². The van der Waals surface area contributed by atoms with Gasteiger partial charge in [0.25, 0.3) is 0 Å². The van der Waals surface area contributed by atoms with Gasteiger partial charge in [0.2, 0.25) is 10.0 Å². The molecule has 8 heteroatoms. The lowest BCUT2D eigenvalue weighted by atomic mass is 10.3. The van der Waals surface area contributed by atoms with Crippen molar-refractivity contribution in [3.8, 4) is 11.5 Å². The molecule has 0 aliphatic heterocycles. The number of benzene rings is 2. The Morgan fingerprint density at radius 1 is 1.00 bits per heavy atom. The van der Waals surface area contributed by atoms with E-state index in [1.165, 1.54) is 18.2 Å². The van der Waals surface area contributed by atoms with Crippen molar-refractivity contribution in [2.45, 2.75) is 11.8 Å². The summed E-state index contributed by atoms with van der Waals surface area (Å²) in [5.74, 6) is 1.37. The molecule has 24 heavy (non-hydrogen) atoms. The van der Waals surface area contributed by atoms with Crippen LogP contribution in [0.15, 0.2) is 47.4 Å². The van der Waals surface area contributed by atoms with Gasteiger partial charge in [0, 0.05) is 6.54 Å². The van der Waals surface area contributed by atoms with Crippen LogP contribution in [0.25, 0.3) is 0 Å². The molecule has 130 valence electrons. The number of ether oxygens (including phenoxy) is 2. The van der Waals surface area contributed by atoms with Crippen molar-refractivity contribution in [2.24, 2.45) is 0 Å². The Hall–Kier alpha value is -1.47. The van der Waals surface area contributed by atoms with Crippen molar-refractivity contribution < 1.29 is 17.9 Å². The second-order valence-corrected chi connectivity index (χ2v) is 7.22. The van der Waals surface area contributed by atoms with E-state index in [4.69, 9.17) is 32.7 Å². The van der Waals surface area contributed by atoms with Crippen molar-refractivity contribution in [3.05, 3.63) is 52.5 Å². The third-order valence-electron chi connectivity index (χ3n) is 3.00. The second-order valence-electron chi connectivity index (χ2n) is 4.70. The number of nitrogens with one attached hydrogen (secondary N) is 1. The van der Waals surface area contributed by atoms with Crippen LogP contribution in [0, 0.1) is 0 Å². The van der Waals surface area contributed by atoms with Crippen LogP contribution >= 0.6 is 23.2 Å². The van der Waals surface area contributed by atoms with Crippen LogP contribution in [-0.2, 0) is 10.0 Å². The summed E-state index contributed by atoms with van der Waals surface area (Å²) >= 11 is 11.8. The molecule has 0 saturated heterocycles. The Bertz CT molecular complexity index is 779. The van der Waals surface area contributed by atoms with Gasteiger partial charge in [0.15, 0.2) is 0 Å². The van der Waals surface area contributed by atoms with Gasteiger partial charge in [-0.2, -0.15) is 0 Å². The molecule has 0 aliphatic carbocycles. The molecule has 0 fully saturated rings. The molecule has 0 bridgehead atoms. The fraction of sp³-hybridized carbons (Fsp3) is 0.250. The van der Waals surface area contributed by atoms with E-state index in [0.29, 0.717) is 12.4 Å². The molecular weight excluding hydrogens is 373 g/mol. The molecule has 5 nitrogen and oxygen atoms in total. The average Bonchev–Trinajstić information content (AvgIpc) is 2.56. The summed E-state index contributed by atoms with van der Waals surface area (Å²) < 4.78 is 37.7. The summed E-state index contributed by atoms with van der Waals surface area (Å²) in [6.45, 7) is 2.76. The number of rotatable bonds is 8. The van der Waals surface area contributed by atoms with E-state index in [2.05, 4.69) is 4.72 Å². The van der Waals surface area contributed by atoms with Gasteiger partial charge in [0.05, 0.1) is 16.7 Å². The SMILES string of the molecule is CCOc1ccc(OCCNS(=O)(=O)c2cccc(Cl)c2Cl)cc1. The highest BCUT2D eigenvalue weighted by Crippen LogP contribution is 2.28. The van der Waals surface area contributed by atoms with Gasteiger partial charge in [-0.25, -0.2) is 13.1 Å². The van der Waals surface area contributed by atoms with Gasteiger partial charge < -0.3 is 9.47 Å². The van der Waals surface area contributed by atoms with E-state index in [0.717, 1.165) is 5.75 Å². The molecule has 0 unspecified atom stereocenters. The van der Waals surface area contributed by atoms with Crippen molar-refractivity contribution >= 4 is 33.2 Å². The summed E-state index contributed by atoms with van der Waals surface area (Å²) in [6, 6.07) is 11.5. The third kappa shape index (κ3) is 5.01. The highest BCUT2D eigenvalue weighted by molar-refractivity contribution is 7.89. The van der Waals surface area contributed by atoms with Crippen molar-refractivity contribution in [2.75, 3.05) is 19.8 Å². The zero-order valence-electron chi connectivity index (χ0n) is 13.0. The molecule has 0 aromatic heterocycles. The minimum absolute atomic E-state index is 0.000835. The van der Waals surface area contributed by atoms with Crippen LogP contribution in [0.3, 0.4) is 0 Å². The maximum absolute atomic E-state index is 12.2. The lowest BCUT2D eigenvalue weighted by Crippen LogP contribution is -2.28. The standard InChI is InChI=1S/C16H17Cl2NO4S/c1-2-22-12-6-8-13(9-7-12)23-11-10-19-24(20,21)15-5-3-4-14(17)16(15)18/h3-9,19H,2,10-11H2,1H3. The van der Waals surface area contributed by atoms with E-state index >= 15 is 0 Å². The van der Waals surface area contributed by atoms with Gasteiger partial charge >= 0.3 is 0 Å². The molecule has 0 heterocycles. The van der Waals surface area contributed by atoms with Crippen molar-refractivity contribution in [3.63, 3.8) is 0 Å². The van der Waals surface area contributed by atoms with E-state index in [9.17, 15) is 8.42 Å². The van der Waals surface area contributed by atoms with E-state index in [1.54, 1.807) is 24.3 Å². The summed E-state index contributed by atoms with van der Waals surface area (Å²) in [4.78, 5) is -0.0577. The molecule has 0 atom stereocenters. The largest absolute Gasteiger partial charge is 0.494 e. The van der Waals surface area contributed by atoms with Crippen LogP contribution in [0.1, 0.15) is 6.92 Å². The quantitative estimate of drug-likeness (QED) is 0.698. The van der Waals surface area contributed by atoms with E-state index in [1.807, 2.05) is 6.92 Å². The molecule has 2 aromatic carbocycles. The Morgan fingerprint density at radius 2 is 1.62 bits per heavy atom. The first-order valence-corrected chi connectivity index (χ1v) is 9.47. The number of halogens is 2. The Labute approximate surface area is 151 Å². The van der Waals surface area contributed by atoms with Gasteiger partial charge in [-0.3, -0.25) is 0 Å². The Balaban J connectivity index is 1.88. The van der Waals surface area contributed by atoms with E-state index in [-0.39, 0.29) is 28.1 Å². The monoisotopic (exact) mass is 389 g/mol. The highest BCUT2D eigenvalue weighted by atomic mass is 35.5. The first-order chi connectivity index (χ1) is 11.4. The molecule has 0 amide bonds. The molecule has 2 rings (SSSR count). The van der Waals surface area contributed by atoms with Gasteiger partial charge in [-0.1, -0.05) is 29.3 Å². The van der Waals surface area contributed by atoms with E-state index < -0.39 is 10.0 Å². The number of sulfonamides is 1. The molecule has 0 radical (unpaired) electrons. The van der Waals surface area contributed by atoms with Gasteiger partial charge in [-0.05, 0) is 43.3 Å². The molecular formula is C16H17Cl2NO4S. The minimum Gasteiger partial charge on any atom is -0.494 e. The normalized spacial score (nSPS) is 11.3. The van der Waals surface area contributed by atoms with Crippen molar-refractivity contribution in [1.29, 1.82) is 0 Å². The molecule has 0 spiro atoms. The van der Waals surface area contributed by atoms with Crippen LogP contribution in [0.4, 0.5) is 0 Å². The first-order valence-electron chi connectivity index (χ1n) is 7.23. The fourth-order valence-electron chi connectivity index (χ4n) is 1.91. The van der Waals surface area contributed by atoms with Gasteiger partial charge in [-0.15, -0.1) is 0 Å². The third-order valence-corrected chi connectivity index (χ3v) is 5.44. The summed E-state index contributed by atoms with van der Waals surface area (Å²) in [5.41, 5.74) is 0. The second kappa shape index (κ2) is 8.58. The zero-order chi connectivity index (χ0) is 17.6. The molecule has 0 saturated carbocycles. The molecule has 1 N–H and O–H groups in total. The number of hydrogen-bond acceptors (Lipinski definition) is 4. The predicted octanol–water partition coefficient (Wildman–Crippen LogP) is 3.75. The lowest BCUT2D eigenvalue weighted by Gasteiger charge is -2.10. The summed E-state index contributed by atoms with van der Waals surface area (Å²) in [7, 11) is -3.75. The highest BCUT2D eigenvalue weighted by Gasteiger charge is 2.18. The molecule has 2 aromatic rings. The Morgan fingerprint density at radius 3 is 2.25 bits per heavy atom. The maximum atomic E-state index is 12.2. The number of hydrogen-bond donors (Lipinski definition) is 1. The van der Waals surface area contributed by atoms with Gasteiger partial charge in [0.1, 0.15) is 23.0 Å². The average molecular weight is 390 g/mol. The Kier molecular flexibility index (Phi) is 6.74. The summed E-state index contributed by atoms with van der Waals surface area (Å²) in [5, 5.41) is 0.185. The van der Waals surface area contributed by atoms with Crippen LogP contribution < -0.4 is 14.2 Å². The first kappa shape index (κ1) is 18.9. The summed E-state index contributed by atoms with van der Waals surface area (Å²) in [6.07, 6.45) is 0. The lowest BCUT2D eigenvalue weighted by molar-refractivity contribution is 0.319. The van der Waals surface area contributed by atoms with Crippen LogP contribution in [0.2, 0.25) is 10.0 Å². The predicted molar refractivity (Wildman–Crippen MR) is 94.8 cm³/mol. The van der Waals surface area contributed by atoms with Crippen LogP contribution in [0.5, 0.6) is 11.5 Å². The smallest absolute Gasteiger partial charge is 0.242 e. The maximum Gasteiger partial charge on any atom is 0.242 e. The van der Waals surface area contributed by atoms with Crippen molar-refractivity contribution in [1.82, 2.24) is 4.72 Å². The zero-order valence-corrected chi connectivity index (χ0v) is 15.3. The molecule has 0 aliphatic rings. The minimum atomic E-state index is -3.75.